The van der Waals surface area contributed by atoms with Crippen molar-refractivity contribution in [2.45, 2.75) is 105 Å². The Kier molecular flexibility index (Phi) is 13.3. The summed E-state index contributed by atoms with van der Waals surface area (Å²) in [5.41, 5.74) is 21.8. The summed E-state index contributed by atoms with van der Waals surface area (Å²) in [7, 11) is 0. The van der Waals surface area contributed by atoms with E-state index in [9.17, 15) is 0 Å². The van der Waals surface area contributed by atoms with Crippen molar-refractivity contribution in [3.8, 4) is 55.9 Å². The number of rotatable bonds is 6. The Bertz CT molecular complexity index is 5480. The Morgan fingerprint density at radius 1 is 0.177 bits per heavy atom. The van der Waals surface area contributed by atoms with Crippen molar-refractivity contribution in [3.63, 3.8) is 0 Å². The van der Waals surface area contributed by atoms with Crippen LogP contribution in [-0.4, -0.2) is 9.13 Å². The summed E-state index contributed by atoms with van der Waals surface area (Å²) < 4.78 is 4.97. The molecule has 0 amide bonds. The Morgan fingerprint density at radius 2 is 0.396 bits per heavy atom. The lowest BCUT2D eigenvalue weighted by Crippen LogP contribution is -2.10. The van der Waals surface area contributed by atoms with E-state index in [-0.39, 0.29) is 21.7 Å². The van der Waals surface area contributed by atoms with Crippen molar-refractivity contribution in [2.24, 2.45) is 0 Å². The monoisotopic (exact) mass is 1240 g/mol. The van der Waals surface area contributed by atoms with Gasteiger partial charge >= 0.3 is 0 Å². The molecule has 17 rings (SSSR count). The summed E-state index contributed by atoms with van der Waals surface area (Å²) in [6.45, 7) is 27.8. The highest BCUT2D eigenvalue weighted by atomic mass is 15.0. The van der Waals surface area contributed by atoms with Crippen molar-refractivity contribution in [1.82, 2.24) is 9.13 Å². The molecule has 0 fully saturated rings. The molecule has 2 nitrogen and oxygen atoms in total. The maximum Gasteiger partial charge on any atom is 0.0541 e. The number of fused-ring (bicyclic) bond motifs is 18. The quantitative estimate of drug-likeness (QED) is 0.147. The van der Waals surface area contributed by atoms with Crippen LogP contribution in [0, 0.1) is 0 Å². The molecule has 0 atom stereocenters. The van der Waals surface area contributed by atoms with Gasteiger partial charge in [0.2, 0.25) is 0 Å². The smallest absolute Gasteiger partial charge is 0.0541 e. The number of hydrogen-bond acceptors (Lipinski definition) is 0. The highest BCUT2D eigenvalue weighted by molar-refractivity contribution is 6.27. The van der Waals surface area contributed by atoms with E-state index in [1.165, 1.54) is 164 Å². The van der Waals surface area contributed by atoms with Gasteiger partial charge in [0.05, 0.1) is 22.1 Å². The molecule has 0 saturated carbocycles. The molecule has 0 spiro atoms. The lowest BCUT2D eigenvalue weighted by atomic mass is 9.84. The summed E-state index contributed by atoms with van der Waals surface area (Å²) in [5.74, 6) is 0. The molecule has 2 aromatic heterocycles. The molecule has 0 aliphatic heterocycles. The van der Waals surface area contributed by atoms with E-state index >= 15 is 0 Å². The maximum atomic E-state index is 2.52. The number of nitrogens with zero attached hydrogens (tertiary/aromatic N) is 2. The summed E-state index contributed by atoms with van der Waals surface area (Å²) in [6.07, 6.45) is 0. The largest absolute Gasteiger partial charge is 0.309 e. The van der Waals surface area contributed by atoms with E-state index in [4.69, 9.17) is 0 Å². The zero-order valence-corrected chi connectivity index (χ0v) is 57.3. The first-order valence-corrected chi connectivity index (χ1v) is 34.4. The van der Waals surface area contributed by atoms with Crippen LogP contribution in [0.5, 0.6) is 0 Å². The molecule has 0 unspecified atom stereocenters. The molecule has 96 heavy (non-hydrogen) atoms. The molecule has 0 bridgehead atoms. The summed E-state index contributed by atoms with van der Waals surface area (Å²) >= 11 is 0. The van der Waals surface area contributed by atoms with Gasteiger partial charge in [-0.15, -0.1) is 0 Å². The first kappa shape index (κ1) is 59.2. The van der Waals surface area contributed by atoms with E-state index < -0.39 is 0 Å². The van der Waals surface area contributed by atoms with Crippen LogP contribution < -0.4 is 0 Å². The maximum absolute atomic E-state index is 2.52. The third-order valence-corrected chi connectivity index (χ3v) is 21.1. The molecule has 0 aliphatic carbocycles. The van der Waals surface area contributed by atoms with Gasteiger partial charge in [0, 0.05) is 32.9 Å². The molecular weight excluding hydrogens is 1160 g/mol. The second-order valence-corrected chi connectivity index (χ2v) is 31.3. The summed E-state index contributed by atoms with van der Waals surface area (Å²) in [5, 5.41) is 20.3. The van der Waals surface area contributed by atoms with Gasteiger partial charge in [-0.3, -0.25) is 0 Å². The van der Waals surface area contributed by atoms with E-state index in [2.05, 4.69) is 359 Å². The molecule has 0 aliphatic rings. The number of hydrogen-bond donors (Lipinski definition) is 0. The van der Waals surface area contributed by atoms with Crippen molar-refractivity contribution in [1.29, 1.82) is 0 Å². The fourth-order valence-corrected chi connectivity index (χ4v) is 15.8. The van der Waals surface area contributed by atoms with Crippen LogP contribution in [0.25, 0.3) is 164 Å². The predicted molar refractivity (Wildman–Crippen MR) is 417 cm³/mol. The van der Waals surface area contributed by atoms with Crippen LogP contribution in [0.2, 0.25) is 0 Å². The van der Waals surface area contributed by atoms with Gasteiger partial charge in [-0.25, -0.2) is 0 Å². The minimum Gasteiger partial charge on any atom is -0.309 e. The van der Waals surface area contributed by atoms with E-state index in [0.29, 0.717) is 0 Å². The van der Waals surface area contributed by atoms with Crippen LogP contribution >= 0.6 is 0 Å². The van der Waals surface area contributed by atoms with E-state index in [1.54, 1.807) is 0 Å². The molecule has 15 aromatic carbocycles. The average molecular weight is 1240 g/mol. The molecule has 0 N–H and O–H groups in total. The van der Waals surface area contributed by atoms with Gasteiger partial charge in [0.1, 0.15) is 0 Å². The van der Waals surface area contributed by atoms with E-state index in [1.807, 2.05) is 0 Å². The van der Waals surface area contributed by atoms with Gasteiger partial charge in [-0.05, 0) is 250 Å². The van der Waals surface area contributed by atoms with Crippen molar-refractivity contribution in [2.75, 3.05) is 0 Å². The van der Waals surface area contributed by atoms with Crippen LogP contribution in [-0.2, 0) is 21.7 Å². The SMILES string of the molecule is CC(C)(C)c1ccc2c(c1)c1cc(C(C)(C)C)ccc1n2-c1ccc(-c2cc(-c3ccc4c5ccccc5c5ccccc5c4c3)c(-c3ccc(-n4c5ccc(C(C)(C)C)cc5c5cc(C(C)(C)C)ccc54)cc3)cc2-c2ccc3c4ccccc4c4ccccc4c3c2)cc1. The first-order chi connectivity index (χ1) is 46.1. The molecule has 0 radical (unpaired) electrons. The first-order valence-electron chi connectivity index (χ1n) is 34.4. The second kappa shape index (κ2) is 21.5. The Labute approximate surface area is 563 Å². The Morgan fingerprint density at radius 3 is 0.646 bits per heavy atom. The molecular formula is C94H80N2. The third-order valence-electron chi connectivity index (χ3n) is 21.1. The van der Waals surface area contributed by atoms with Crippen molar-refractivity contribution in [3.05, 3.63) is 289 Å². The average Bonchev–Trinajstić information content (AvgIpc) is 1.40. The molecule has 466 valence electrons. The Hall–Kier alpha value is -10.5. The van der Waals surface area contributed by atoms with Gasteiger partial charge in [0.15, 0.2) is 0 Å². The van der Waals surface area contributed by atoms with Crippen LogP contribution in [0.3, 0.4) is 0 Å². The lowest BCUT2D eigenvalue weighted by Gasteiger charge is -2.21. The topological polar surface area (TPSA) is 9.86 Å². The third kappa shape index (κ3) is 9.57. The zero-order valence-electron chi connectivity index (χ0n) is 57.3. The molecule has 2 heteroatoms. The Balaban J connectivity index is 0.922. The van der Waals surface area contributed by atoms with Crippen molar-refractivity contribution < 1.29 is 0 Å². The molecule has 17 aromatic rings. The standard InChI is InChI=1S/C94H80N2/c1-91(2,3)61-35-45-87-83(51-61)84-52-62(92(4,5)6)36-46-88(84)95(87)65-39-29-57(30-40-65)77-55-80(60-34-44-76-72-26-16-14-22-68(72)70-24-18-20-28-74(70)82(76)50-60)78(56-79(77)59-33-43-75-71-25-15-13-21-67(71)69-23-17-19-27-73(69)81(75)49-59)58-31-41-66(42-32-58)96-89-47-37-63(93(7,8)9)53-85(89)86-54-64(94(10,11)12)38-48-90(86)96/h13-56H,1-12H3. The second-order valence-electron chi connectivity index (χ2n) is 31.3. The van der Waals surface area contributed by atoms with Crippen molar-refractivity contribution >= 4 is 108 Å². The van der Waals surface area contributed by atoms with Crippen LogP contribution in [0.15, 0.2) is 267 Å². The minimum absolute atomic E-state index is 0.00385. The fourth-order valence-electron chi connectivity index (χ4n) is 15.8. The van der Waals surface area contributed by atoms with Gasteiger partial charge in [-0.2, -0.15) is 0 Å². The molecule has 0 saturated heterocycles. The summed E-state index contributed by atoms with van der Waals surface area (Å²) in [6, 6.07) is 103. The molecule has 2 heterocycles. The number of aromatic nitrogens is 2. The van der Waals surface area contributed by atoms with Gasteiger partial charge in [0.25, 0.3) is 0 Å². The summed E-state index contributed by atoms with van der Waals surface area (Å²) in [4.78, 5) is 0. The van der Waals surface area contributed by atoms with E-state index in [0.717, 1.165) is 22.5 Å². The fraction of sp³-hybridized carbons (Fsp3) is 0.170. The zero-order chi connectivity index (χ0) is 65.9. The lowest BCUT2D eigenvalue weighted by molar-refractivity contribution is 0.590. The highest BCUT2D eigenvalue weighted by Gasteiger charge is 2.26. The van der Waals surface area contributed by atoms with Gasteiger partial charge in [-0.1, -0.05) is 253 Å². The predicted octanol–water partition coefficient (Wildman–Crippen LogP) is 26.7. The number of benzene rings is 15. The minimum atomic E-state index is 0.00385. The highest BCUT2D eigenvalue weighted by Crippen LogP contribution is 2.48. The van der Waals surface area contributed by atoms with Gasteiger partial charge < -0.3 is 9.13 Å². The van der Waals surface area contributed by atoms with Crippen LogP contribution in [0.4, 0.5) is 0 Å². The van der Waals surface area contributed by atoms with Crippen LogP contribution in [0.1, 0.15) is 105 Å². The normalized spacial score (nSPS) is 12.8.